The first-order valence-electron chi connectivity index (χ1n) is 6.31. The minimum atomic E-state index is 0.387. The molecule has 0 aromatic rings. The summed E-state index contributed by atoms with van der Waals surface area (Å²) < 4.78 is 0. The molecule has 0 radical (unpaired) electrons. The highest BCUT2D eigenvalue weighted by Gasteiger charge is 2.38. The lowest BCUT2D eigenvalue weighted by Crippen LogP contribution is -2.68. The van der Waals surface area contributed by atoms with Crippen LogP contribution >= 0.6 is 0 Å². The molecule has 2 heteroatoms. The van der Waals surface area contributed by atoms with Gasteiger partial charge in [-0.2, -0.15) is 0 Å². The maximum absolute atomic E-state index is 3.91. The van der Waals surface area contributed by atoms with Crippen molar-refractivity contribution >= 4 is 0 Å². The van der Waals surface area contributed by atoms with Crippen molar-refractivity contribution in [2.45, 2.75) is 70.0 Å². The molecule has 0 amide bonds. The largest absolute Gasteiger partial charge is 0.311 e. The smallest absolute Gasteiger partial charge is 0.0304 e. The molecule has 2 unspecified atom stereocenters. The molecule has 14 heavy (non-hydrogen) atoms. The van der Waals surface area contributed by atoms with Crippen molar-refractivity contribution in [3.8, 4) is 0 Å². The van der Waals surface area contributed by atoms with E-state index in [1.165, 1.54) is 45.1 Å². The zero-order chi connectivity index (χ0) is 10.0. The summed E-state index contributed by atoms with van der Waals surface area (Å²) in [6.07, 6.45) is 8.08. The summed E-state index contributed by atoms with van der Waals surface area (Å²) in [5.41, 5.74) is 0.387. The summed E-state index contributed by atoms with van der Waals surface area (Å²) in [6.45, 7) is 5.78. The van der Waals surface area contributed by atoms with Crippen LogP contribution in [0.15, 0.2) is 0 Å². The van der Waals surface area contributed by atoms with Gasteiger partial charge in [0.2, 0.25) is 0 Å². The van der Waals surface area contributed by atoms with Crippen molar-refractivity contribution in [3.63, 3.8) is 0 Å². The summed E-state index contributed by atoms with van der Waals surface area (Å²) in [7, 11) is 0. The fourth-order valence-corrected chi connectivity index (χ4v) is 3.02. The summed E-state index contributed by atoms with van der Waals surface area (Å²) in [5, 5.41) is 7.66. The topological polar surface area (TPSA) is 24.1 Å². The second-order valence-corrected chi connectivity index (χ2v) is 5.01. The first-order valence-corrected chi connectivity index (χ1v) is 6.31. The van der Waals surface area contributed by atoms with Gasteiger partial charge in [0.25, 0.3) is 0 Å². The van der Waals surface area contributed by atoms with Crippen LogP contribution in [0.4, 0.5) is 0 Å². The fraction of sp³-hybridized carbons (Fsp3) is 1.00. The monoisotopic (exact) mass is 196 g/mol. The van der Waals surface area contributed by atoms with Crippen LogP contribution in [-0.4, -0.2) is 24.2 Å². The standard InChI is InChI=1S/C12H24N2/c1-3-12(4-2)9-13-10-7-5-6-8-11(10)14-12/h10-11,13-14H,3-9H2,1-2H3. The molecule has 1 aliphatic carbocycles. The highest BCUT2D eigenvalue weighted by Crippen LogP contribution is 2.27. The highest BCUT2D eigenvalue weighted by molar-refractivity contribution is 5.01. The molecule has 1 saturated heterocycles. The maximum atomic E-state index is 3.91. The van der Waals surface area contributed by atoms with Gasteiger partial charge in [-0.15, -0.1) is 0 Å². The van der Waals surface area contributed by atoms with E-state index >= 15 is 0 Å². The number of piperazine rings is 1. The normalized spacial score (nSPS) is 36.4. The van der Waals surface area contributed by atoms with Crippen LogP contribution < -0.4 is 10.6 Å². The van der Waals surface area contributed by atoms with Crippen LogP contribution in [0.25, 0.3) is 0 Å². The first-order chi connectivity index (χ1) is 6.79. The Morgan fingerprint density at radius 2 is 1.71 bits per heavy atom. The minimum Gasteiger partial charge on any atom is -0.311 e. The Morgan fingerprint density at radius 3 is 2.36 bits per heavy atom. The lowest BCUT2D eigenvalue weighted by atomic mass is 9.81. The lowest BCUT2D eigenvalue weighted by molar-refractivity contribution is 0.138. The molecule has 2 N–H and O–H groups in total. The zero-order valence-corrected chi connectivity index (χ0v) is 9.60. The molecule has 2 rings (SSSR count). The molecule has 1 heterocycles. The van der Waals surface area contributed by atoms with Gasteiger partial charge in [0.1, 0.15) is 0 Å². The van der Waals surface area contributed by atoms with Gasteiger partial charge in [-0.05, 0) is 25.7 Å². The second-order valence-electron chi connectivity index (χ2n) is 5.01. The van der Waals surface area contributed by atoms with E-state index in [2.05, 4.69) is 24.5 Å². The van der Waals surface area contributed by atoms with Gasteiger partial charge in [-0.3, -0.25) is 0 Å². The van der Waals surface area contributed by atoms with Crippen molar-refractivity contribution < 1.29 is 0 Å². The number of fused-ring (bicyclic) bond motifs is 1. The Labute approximate surface area is 87.8 Å². The predicted molar refractivity (Wildman–Crippen MR) is 60.5 cm³/mol. The summed E-state index contributed by atoms with van der Waals surface area (Å²) in [6, 6.07) is 1.51. The molecule has 2 fully saturated rings. The quantitative estimate of drug-likeness (QED) is 0.706. The van der Waals surface area contributed by atoms with E-state index in [0.29, 0.717) is 5.54 Å². The van der Waals surface area contributed by atoms with E-state index in [4.69, 9.17) is 0 Å². The molecule has 82 valence electrons. The minimum absolute atomic E-state index is 0.387. The number of nitrogens with one attached hydrogen (secondary N) is 2. The molecular formula is C12H24N2. The Balaban J connectivity index is 2.01. The molecule has 0 bridgehead atoms. The third-order valence-corrected chi connectivity index (χ3v) is 4.31. The molecule has 2 aliphatic rings. The van der Waals surface area contributed by atoms with Gasteiger partial charge in [0, 0.05) is 24.2 Å². The van der Waals surface area contributed by atoms with E-state index in [1.807, 2.05) is 0 Å². The average molecular weight is 196 g/mol. The summed E-state index contributed by atoms with van der Waals surface area (Å²) in [4.78, 5) is 0. The molecule has 0 aromatic heterocycles. The third kappa shape index (κ3) is 1.82. The van der Waals surface area contributed by atoms with Crippen LogP contribution in [0.1, 0.15) is 52.4 Å². The number of hydrogen-bond donors (Lipinski definition) is 2. The van der Waals surface area contributed by atoms with Gasteiger partial charge < -0.3 is 10.6 Å². The van der Waals surface area contributed by atoms with Crippen molar-refractivity contribution in [2.75, 3.05) is 6.54 Å². The van der Waals surface area contributed by atoms with Crippen molar-refractivity contribution in [1.29, 1.82) is 0 Å². The zero-order valence-electron chi connectivity index (χ0n) is 9.60. The van der Waals surface area contributed by atoms with E-state index < -0.39 is 0 Å². The van der Waals surface area contributed by atoms with Gasteiger partial charge in [-0.1, -0.05) is 26.7 Å². The summed E-state index contributed by atoms with van der Waals surface area (Å²) >= 11 is 0. The van der Waals surface area contributed by atoms with Crippen LogP contribution in [0.5, 0.6) is 0 Å². The molecule has 2 atom stereocenters. The highest BCUT2D eigenvalue weighted by atomic mass is 15.2. The first kappa shape index (κ1) is 10.4. The third-order valence-electron chi connectivity index (χ3n) is 4.31. The molecular weight excluding hydrogens is 172 g/mol. The average Bonchev–Trinajstić information content (AvgIpc) is 2.28. The van der Waals surface area contributed by atoms with Gasteiger partial charge in [-0.25, -0.2) is 0 Å². The molecule has 1 saturated carbocycles. The second kappa shape index (κ2) is 4.19. The van der Waals surface area contributed by atoms with E-state index in [-0.39, 0.29) is 0 Å². The molecule has 0 aromatic carbocycles. The molecule has 1 aliphatic heterocycles. The van der Waals surface area contributed by atoms with Crippen LogP contribution in [-0.2, 0) is 0 Å². The van der Waals surface area contributed by atoms with Crippen molar-refractivity contribution in [1.82, 2.24) is 10.6 Å². The molecule has 0 spiro atoms. The van der Waals surface area contributed by atoms with Crippen molar-refractivity contribution in [3.05, 3.63) is 0 Å². The Kier molecular flexibility index (Phi) is 3.13. The van der Waals surface area contributed by atoms with Crippen LogP contribution in [0.2, 0.25) is 0 Å². The number of rotatable bonds is 2. The van der Waals surface area contributed by atoms with Gasteiger partial charge in [0.05, 0.1) is 0 Å². The Hall–Kier alpha value is -0.0800. The van der Waals surface area contributed by atoms with E-state index in [1.54, 1.807) is 0 Å². The lowest BCUT2D eigenvalue weighted by Gasteiger charge is -2.48. The van der Waals surface area contributed by atoms with Crippen molar-refractivity contribution in [2.24, 2.45) is 0 Å². The summed E-state index contributed by atoms with van der Waals surface area (Å²) in [5.74, 6) is 0. The SMILES string of the molecule is CCC1(CC)CNC2CCCCC2N1. The Bertz CT molecular complexity index is 187. The van der Waals surface area contributed by atoms with E-state index in [9.17, 15) is 0 Å². The van der Waals surface area contributed by atoms with Gasteiger partial charge >= 0.3 is 0 Å². The maximum Gasteiger partial charge on any atom is 0.0304 e. The van der Waals surface area contributed by atoms with E-state index in [0.717, 1.165) is 12.1 Å². The van der Waals surface area contributed by atoms with Crippen LogP contribution in [0, 0.1) is 0 Å². The van der Waals surface area contributed by atoms with Crippen LogP contribution in [0.3, 0.4) is 0 Å². The van der Waals surface area contributed by atoms with Gasteiger partial charge in [0.15, 0.2) is 0 Å². The predicted octanol–water partition coefficient (Wildman–Crippen LogP) is 2.05. The fourth-order valence-electron chi connectivity index (χ4n) is 3.02. The number of hydrogen-bond acceptors (Lipinski definition) is 2. The Morgan fingerprint density at radius 1 is 1.07 bits per heavy atom. The molecule has 2 nitrogen and oxygen atoms in total.